The number of anilines is 2. The Bertz CT molecular complexity index is 1320. The zero-order chi connectivity index (χ0) is 24.1. The lowest BCUT2D eigenvalue weighted by Crippen LogP contribution is -2.20. The molecule has 1 aromatic heterocycles. The molecule has 0 bridgehead atoms. The van der Waals surface area contributed by atoms with Crippen LogP contribution in [0.1, 0.15) is 28.9 Å². The van der Waals surface area contributed by atoms with Crippen molar-refractivity contribution in [1.82, 2.24) is 20.2 Å². The minimum Gasteiger partial charge on any atom is -0.326 e. The summed E-state index contributed by atoms with van der Waals surface area (Å²) in [4.78, 5) is 24.9. The predicted molar refractivity (Wildman–Crippen MR) is 133 cm³/mol. The molecule has 34 heavy (non-hydrogen) atoms. The van der Waals surface area contributed by atoms with E-state index in [2.05, 4.69) is 26.2 Å². The topological polar surface area (TPSA) is 102 Å². The van der Waals surface area contributed by atoms with Crippen LogP contribution < -0.4 is 10.6 Å². The molecule has 1 unspecified atom stereocenters. The van der Waals surface area contributed by atoms with Crippen molar-refractivity contribution in [1.29, 1.82) is 0 Å². The Morgan fingerprint density at radius 3 is 2.50 bits per heavy atom. The summed E-state index contributed by atoms with van der Waals surface area (Å²) in [6.07, 6.45) is 0. The lowest BCUT2D eigenvalue weighted by molar-refractivity contribution is -0.116. The Morgan fingerprint density at radius 2 is 1.74 bits per heavy atom. The van der Waals surface area contributed by atoms with E-state index in [9.17, 15) is 9.59 Å². The first-order valence-corrected chi connectivity index (χ1v) is 11.5. The second-order valence-corrected chi connectivity index (χ2v) is 8.89. The number of rotatable bonds is 7. The second kappa shape index (κ2) is 10.3. The van der Waals surface area contributed by atoms with Crippen LogP contribution in [0.15, 0.2) is 78.0 Å². The number of benzene rings is 3. The quantitative estimate of drug-likeness (QED) is 0.378. The van der Waals surface area contributed by atoms with Crippen molar-refractivity contribution in [3.05, 3.63) is 89.5 Å². The highest BCUT2D eigenvalue weighted by Gasteiger charge is 2.26. The summed E-state index contributed by atoms with van der Waals surface area (Å²) in [6, 6.07) is 22.7. The van der Waals surface area contributed by atoms with Crippen molar-refractivity contribution in [3.63, 3.8) is 0 Å². The fourth-order valence-electron chi connectivity index (χ4n) is 3.41. The molecule has 0 aliphatic carbocycles. The van der Waals surface area contributed by atoms with Gasteiger partial charge in [0.05, 0.1) is 5.69 Å². The minimum absolute atomic E-state index is 0.171. The number of thioether (sulfide) groups is 1. The number of hydrogen-bond acceptors (Lipinski definition) is 6. The monoisotopic (exact) mass is 472 g/mol. The van der Waals surface area contributed by atoms with E-state index in [1.807, 2.05) is 68.4 Å². The van der Waals surface area contributed by atoms with E-state index in [4.69, 9.17) is 0 Å². The van der Waals surface area contributed by atoms with Crippen molar-refractivity contribution in [2.45, 2.75) is 31.2 Å². The zero-order valence-corrected chi connectivity index (χ0v) is 19.8. The van der Waals surface area contributed by atoms with Gasteiger partial charge in [0.1, 0.15) is 5.25 Å². The van der Waals surface area contributed by atoms with Crippen LogP contribution in [0.3, 0.4) is 0 Å². The summed E-state index contributed by atoms with van der Waals surface area (Å²) >= 11 is 1.25. The highest BCUT2D eigenvalue weighted by atomic mass is 32.2. The van der Waals surface area contributed by atoms with Gasteiger partial charge in [-0.15, -0.1) is 5.10 Å². The van der Waals surface area contributed by atoms with Crippen molar-refractivity contribution in [2.24, 2.45) is 0 Å². The van der Waals surface area contributed by atoms with Crippen LogP contribution in [0.5, 0.6) is 0 Å². The van der Waals surface area contributed by atoms with Gasteiger partial charge in [0.2, 0.25) is 17.0 Å². The second-order valence-electron chi connectivity index (χ2n) is 7.82. The fraction of sp³-hybridized carbons (Fsp3) is 0.160. The van der Waals surface area contributed by atoms with Crippen LogP contribution in [0.4, 0.5) is 11.4 Å². The minimum atomic E-state index is -0.593. The van der Waals surface area contributed by atoms with Crippen LogP contribution in [0.2, 0.25) is 0 Å². The number of hydrogen-bond donors (Lipinski definition) is 2. The lowest BCUT2D eigenvalue weighted by atomic mass is 10.1. The molecule has 0 aliphatic heterocycles. The Labute approximate surface area is 201 Å². The SMILES string of the molecule is CC(=O)Nc1cccc(-n2nnnc2SC(C(=O)Nc2cc(C)ccc2C)c2ccccc2)c1. The molecule has 0 radical (unpaired) electrons. The Kier molecular flexibility index (Phi) is 7.03. The number of nitrogens with one attached hydrogen (secondary N) is 2. The van der Waals surface area contributed by atoms with Gasteiger partial charge < -0.3 is 10.6 Å². The third kappa shape index (κ3) is 5.49. The molecule has 8 nitrogen and oxygen atoms in total. The summed E-state index contributed by atoms with van der Waals surface area (Å²) in [5.41, 5.74) is 4.94. The molecule has 2 N–H and O–H groups in total. The van der Waals surface area contributed by atoms with Crippen LogP contribution >= 0.6 is 11.8 Å². The molecular formula is C25H24N6O2S. The van der Waals surface area contributed by atoms with Crippen molar-refractivity contribution in [3.8, 4) is 5.69 Å². The van der Waals surface area contributed by atoms with Crippen LogP contribution in [0, 0.1) is 13.8 Å². The molecule has 0 saturated heterocycles. The van der Waals surface area contributed by atoms with Gasteiger partial charge in [-0.3, -0.25) is 9.59 Å². The summed E-state index contributed by atoms with van der Waals surface area (Å²) in [7, 11) is 0. The van der Waals surface area contributed by atoms with Gasteiger partial charge in [-0.2, -0.15) is 4.68 Å². The number of aromatic nitrogens is 4. The standard InChI is InChI=1S/C25H24N6O2S/c1-16-12-13-17(2)22(14-16)27-24(33)23(19-8-5-4-6-9-19)34-25-28-29-30-31(25)21-11-7-10-20(15-21)26-18(3)32/h4-15,23H,1-3H3,(H,26,32)(H,27,33). The van der Waals surface area contributed by atoms with Gasteiger partial charge >= 0.3 is 0 Å². The fourth-order valence-corrected chi connectivity index (χ4v) is 4.40. The van der Waals surface area contributed by atoms with Gasteiger partial charge in [-0.25, -0.2) is 0 Å². The zero-order valence-electron chi connectivity index (χ0n) is 19.0. The first-order valence-electron chi connectivity index (χ1n) is 10.7. The molecule has 9 heteroatoms. The molecule has 2 amide bonds. The largest absolute Gasteiger partial charge is 0.326 e. The van der Waals surface area contributed by atoms with Crippen LogP contribution in [0.25, 0.3) is 5.69 Å². The Hall–Kier alpha value is -3.98. The Morgan fingerprint density at radius 1 is 0.941 bits per heavy atom. The van der Waals surface area contributed by atoms with E-state index in [0.717, 1.165) is 22.4 Å². The van der Waals surface area contributed by atoms with E-state index in [-0.39, 0.29) is 11.8 Å². The third-order valence-corrected chi connectivity index (χ3v) is 6.25. The van der Waals surface area contributed by atoms with Crippen molar-refractivity contribution in [2.75, 3.05) is 10.6 Å². The van der Waals surface area contributed by atoms with E-state index in [1.165, 1.54) is 18.7 Å². The van der Waals surface area contributed by atoms with Gasteiger partial charge in [0.15, 0.2) is 0 Å². The third-order valence-electron chi connectivity index (χ3n) is 5.07. The van der Waals surface area contributed by atoms with E-state index in [0.29, 0.717) is 16.5 Å². The maximum Gasteiger partial charge on any atom is 0.242 e. The molecule has 172 valence electrons. The van der Waals surface area contributed by atoms with Gasteiger partial charge in [-0.05, 0) is 65.2 Å². The predicted octanol–water partition coefficient (Wildman–Crippen LogP) is 4.71. The van der Waals surface area contributed by atoms with Crippen molar-refractivity contribution < 1.29 is 9.59 Å². The molecule has 4 rings (SSSR count). The van der Waals surface area contributed by atoms with Crippen LogP contribution in [-0.4, -0.2) is 32.0 Å². The molecule has 4 aromatic rings. The summed E-state index contributed by atoms with van der Waals surface area (Å²) in [5.74, 6) is -0.345. The highest BCUT2D eigenvalue weighted by molar-refractivity contribution is 8.00. The molecule has 1 heterocycles. The normalized spacial score (nSPS) is 11.6. The number of amides is 2. The molecular weight excluding hydrogens is 448 g/mol. The lowest BCUT2D eigenvalue weighted by Gasteiger charge is -2.18. The van der Waals surface area contributed by atoms with Crippen LogP contribution in [-0.2, 0) is 9.59 Å². The number of nitrogens with zero attached hydrogens (tertiary/aromatic N) is 4. The maximum absolute atomic E-state index is 13.5. The highest BCUT2D eigenvalue weighted by Crippen LogP contribution is 2.36. The van der Waals surface area contributed by atoms with Gasteiger partial charge in [0, 0.05) is 18.3 Å². The van der Waals surface area contributed by atoms with E-state index >= 15 is 0 Å². The van der Waals surface area contributed by atoms with Crippen molar-refractivity contribution >= 4 is 35.0 Å². The maximum atomic E-state index is 13.5. The summed E-state index contributed by atoms with van der Waals surface area (Å²) < 4.78 is 1.55. The number of aryl methyl sites for hydroxylation is 2. The van der Waals surface area contributed by atoms with Gasteiger partial charge in [0.25, 0.3) is 0 Å². The first kappa shape index (κ1) is 23.2. The summed E-state index contributed by atoms with van der Waals surface area (Å²) in [5, 5.41) is 17.8. The number of carbonyl (C=O) groups is 2. The molecule has 3 aromatic carbocycles. The number of carbonyl (C=O) groups excluding carboxylic acids is 2. The smallest absolute Gasteiger partial charge is 0.242 e. The summed E-state index contributed by atoms with van der Waals surface area (Å²) in [6.45, 7) is 5.40. The molecule has 1 atom stereocenters. The number of tetrazole rings is 1. The molecule has 0 aliphatic rings. The average molecular weight is 473 g/mol. The molecule has 0 spiro atoms. The molecule has 0 fully saturated rings. The van der Waals surface area contributed by atoms with E-state index < -0.39 is 5.25 Å². The van der Waals surface area contributed by atoms with Gasteiger partial charge in [-0.1, -0.05) is 60.3 Å². The average Bonchev–Trinajstić information content (AvgIpc) is 3.28. The molecule has 0 saturated carbocycles. The van der Waals surface area contributed by atoms with E-state index in [1.54, 1.807) is 22.9 Å². The first-order chi connectivity index (χ1) is 16.4. The Balaban J connectivity index is 1.65.